The van der Waals surface area contributed by atoms with Gasteiger partial charge in [0.2, 0.25) is 0 Å². The fourth-order valence-corrected chi connectivity index (χ4v) is 3.59. The summed E-state index contributed by atoms with van der Waals surface area (Å²) in [5.74, 6) is -1.54. The summed E-state index contributed by atoms with van der Waals surface area (Å²) in [6, 6.07) is 7.04. The van der Waals surface area contributed by atoms with Crippen LogP contribution in [-0.4, -0.2) is 50.3 Å². The predicted molar refractivity (Wildman–Crippen MR) is 119 cm³/mol. The van der Waals surface area contributed by atoms with Gasteiger partial charge in [0.1, 0.15) is 17.2 Å². The predicted octanol–water partition coefficient (Wildman–Crippen LogP) is 4.25. The van der Waals surface area contributed by atoms with E-state index in [1.165, 1.54) is 19.5 Å². The summed E-state index contributed by atoms with van der Waals surface area (Å²) in [7, 11) is 1.51. The van der Waals surface area contributed by atoms with E-state index in [1.54, 1.807) is 35.0 Å². The number of anilines is 1. The largest absolute Gasteiger partial charge is 0.496 e. The van der Waals surface area contributed by atoms with Gasteiger partial charge in [0.05, 0.1) is 37.4 Å². The topological polar surface area (TPSA) is 95.3 Å². The van der Waals surface area contributed by atoms with Gasteiger partial charge in [-0.05, 0) is 25.1 Å². The highest BCUT2D eigenvalue weighted by atomic mass is 19.3. The molecule has 0 radical (unpaired) electrons. The van der Waals surface area contributed by atoms with Gasteiger partial charge in [-0.2, -0.15) is 13.9 Å². The number of imidazole rings is 1. The van der Waals surface area contributed by atoms with Gasteiger partial charge in [0, 0.05) is 36.0 Å². The first kappa shape index (κ1) is 23.5. The molecule has 5 heterocycles. The van der Waals surface area contributed by atoms with E-state index in [2.05, 4.69) is 20.4 Å². The third-order valence-electron chi connectivity index (χ3n) is 5.25. The highest BCUT2D eigenvalue weighted by Gasteiger charge is 2.30. The minimum atomic E-state index is -2.71. The molecule has 1 saturated heterocycles. The van der Waals surface area contributed by atoms with Crippen molar-refractivity contribution in [3.05, 3.63) is 49.1 Å². The van der Waals surface area contributed by atoms with E-state index in [0.29, 0.717) is 45.1 Å². The normalized spacial score (nSPS) is 15.2. The zero-order valence-corrected chi connectivity index (χ0v) is 18.3. The van der Waals surface area contributed by atoms with Crippen molar-refractivity contribution in [2.24, 2.45) is 0 Å². The molecule has 180 valence electrons. The molecular formula is C22H23F4N7O. The lowest BCUT2D eigenvalue weighted by atomic mass is 10.1. The number of hydrogen-bond acceptors (Lipinski definition) is 6. The lowest BCUT2D eigenvalue weighted by Crippen LogP contribution is -2.38. The zero-order chi connectivity index (χ0) is 24.3. The molecule has 0 unspecified atom stereocenters. The van der Waals surface area contributed by atoms with Crippen molar-refractivity contribution in [2.75, 3.05) is 25.9 Å². The number of rotatable bonds is 4. The summed E-state index contributed by atoms with van der Waals surface area (Å²) in [4.78, 5) is 8.67. The Labute approximate surface area is 192 Å². The van der Waals surface area contributed by atoms with Gasteiger partial charge in [-0.1, -0.05) is 6.07 Å². The van der Waals surface area contributed by atoms with Gasteiger partial charge in [-0.3, -0.25) is 4.40 Å². The third-order valence-corrected chi connectivity index (χ3v) is 5.25. The van der Waals surface area contributed by atoms with Crippen LogP contribution in [0.4, 0.5) is 23.4 Å². The first-order valence-electron chi connectivity index (χ1n) is 10.5. The maximum atomic E-state index is 12.8. The molecule has 8 nitrogen and oxygen atoms in total. The molecule has 3 N–H and O–H groups in total. The summed E-state index contributed by atoms with van der Waals surface area (Å²) < 4.78 is 57.8. The Balaban J connectivity index is 0.000000291. The fraction of sp³-hybridized carbons (Fsp3) is 0.318. The van der Waals surface area contributed by atoms with E-state index in [4.69, 9.17) is 10.5 Å². The molecule has 0 saturated carbocycles. The first-order chi connectivity index (χ1) is 16.3. The average Bonchev–Trinajstić information content (AvgIpc) is 3.46. The molecule has 0 amide bonds. The lowest BCUT2D eigenvalue weighted by Gasteiger charge is -2.21. The van der Waals surface area contributed by atoms with Crippen LogP contribution < -0.4 is 15.8 Å². The zero-order valence-electron chi connectivity index (χ0n) is 18.3. The summed E-state index contributed by atoms with van der Waals surface area (Å²) in [6.07, 6.45) is 6.72. The Bertz CT molecular complexity index is 1260. The number of piperidine rings is 1. The molecule has 0 aromatic carbocycles. The van der Waals surface area contributed by atoms with E-state index in [-0.39, 0.29) is 13.0 Å². The Hall–Kier alpha value is -3.67. The number of nitrogens with two attached hydrogens (primary N) is 1. The molecule has 0 bridgehead atoms. The molecule has 5 rings (SSSR count). The second-order valence-electron chi connectivity index (χ2n) is 7.70. The van der Waals surface area contributed by atoms with Crippen LogP contribution in [0.3, 0.4) is 0 Å². The molecule has 4 aromatic heterocycles. The van der Waals surface area contributed by atoms with Gasteiger partial charge >= 0.3 is 6.55 Å². The van der Waals surface area contributed by atoms with E-state index >= 15 is 0 Å². The Kier molecular flexibility index (Phi) is 6.68. The van der Waals surface area contributed by atoms with Crippen LogP contribution in [0.1, 0.15) is 19.4 Å². The number of nitrogens with one attached hydrogen (secondary N) is 1. The quantitative estimate of drug-likeness (QED) is 0.427. The molecule has 1 fully saturated rings. The van der Waals surface area contributed by atoms with Gasteiger partial charge < -0.3 is 15.8 Å². The number of fused-ring (bicyclic) bond motifs is 1. The van der Waals surface area contributed by atoms with Crippen LogP contribution in [0.25, 0.3) is 28.2 Å². The van der Waals surface area contributed by atoms with Crippen LogP contribution in [-0.2, 0) is 0 Å². The molecular weight excluding hydrogens is 454 g/mol. The number of pyridine rings is 2. The number of ether oxygens (including phenoxy) is 1. The fourth-order valence-electron chi connectivity index (χ4n) is 3.59. The van der Waals surface area contributed by atoms with Gasteiger partial charge in [0.25, 0.3) is 5.92 Å². The van der Waals surface area contributed by atoms with Crippen molar-refractivity contribution in [3.63, 3.8) is 0 Å². The van der Waals surface area contributed by atoms with Gasteiger partial charge in [0.15, 0.2) is 0 Å². The molecule has 0 spiro atoms. The average molecular weight is 477 g/mol. The molecule has 1 aliphatic heterocycles. The SMILES string of the molecule is COc1cc2ncc(-c3cccc(N)n3)n2cc1-c1cnn(C(F)F)c1.FC1(F)CCCNC1. The maximum Gasteiger partial charge on any atom is 0.333 e. The number of nitrogens with zero attached hydrogens (tertiary/aromatic N) is 5. The summed E-state index contributed by atoms with van der Waals surface area (Å²) in [6.45, 7) is -2.10. The minimum absolute atomic E-state index is 0.0556. The van der Waals surface area contributed by atoms with Crippen molar-refractivity contribution >= 4 is 11.5 Å². The van der Waals surface area contributed by atoms with Crippen LogP contribution in [0.2, 0.25) is 0 Å². The monoisotopic (exact) mass is 477 g/mol. The Morgan fingerprint density at radius 3 is 2.62 bits per heavy atom. The Morgan fingerprint density at radius 2 is 2.03 bits per heavy atom. The standard InChI is InChI=1S/C17H14F2N6O.C5H9F2N/c1-26-14-5-16-21-7-13(12-3-2-4-15(20)23-12)24(16)9-11(14)10-6-22-25(8-10)17(18)19;6-5(7)2-1-3-8-4-5/h2-9,17H,1H3,(H2,20,23);8H,1-4H2. The summed E-state index contributed by atoms with van der Waals surface area (Å²) in [5, 5.41) is 6.31. The van der Waals surface area contributed by atoms with Gasteiger partial charge in [-0.15, -0.1) is 0 Å². The number of alkyl halides is 4. The van der Waals surface area contributed by atoms with E-state index < -0.39 is 12.5 Å². The molecule has 1 aliphatic rings. The first-order valence-corrected chi connectivity index (χ1v) is 10.5. The molecule has 34 heavy (non-hydrogen) atoms. The second kappa shape index (κ2) is 9.67. The van der Waals surface area contributed by atoms with Crippen LogP contribution in [0.5, 0.6) is 5.75 Å². The van der Waals surface area contributed by atoms with E-state index in [1.807, 2.05) is 6.07 Å². The highest BCUT2D eigenvalue weighted by molar-refractivity contribution is 5.73. The van der Waals surface area contributed by atoms with Crippen molar-refractivity contribution in [3.8, 4) is 28.3 Å². The summed E-state index contributed by atoms with van der Waals surface area (Å²) in [5.41, 5.74) is 8.87. The van der Waals surface area contributed by atoms with Gasteiger partial charge in [-0.25, -0.2) is 23.4 Å². The lowest BCUT2D eigenvalue weighted by molar-refractivity contribution is -0.0208. The minimum Gasteiger partial charge on any atom is -0.496 e. The molecule has 12 heteroatoms. The highest BCUT2D eigenvalue weighted by Crippen LogP contribution is 2.33. The molecule has 4 aromatic rings. The van der Waals surface area contributed by atoms with Crippen molar-refractivity contribution < 1.29 is 22.3 Å². The van der Waals surface area contributed by atoms with Crippen LogP contribution in [0, 0.1) is 0 Å². The number of halogens is 4. The maximum absolute atomic E-state index is 12.8. The van der Waals surface area contributed by atoms with Crippen LogP contribution in [0.15, 0.2) is 49.1 Å². The number of hydrogen-bond donors (Lipinski definition) is 2. The molecule has 0 atom stereocenters. The van der Waals surface area contributed by atoms with Crippen molar-refractivity contribution in [2.45, 2.75) is 25.3 Å². The Morgan fingerprint density at radius 1 is 1.21 bits per heavy atom. The number of aromatic nitrogens is 5. The van der Waals surface area contributed by atoms with Crippen LogP contribution >= 0.6 is 0 Å². The molecule has 0 aliphatic carbocycles. The van der Waals surface area contributed by atoms with Crippen molar-refractivity contribution in [1.82, 2.24) is 29.5 Å². The van der Waals surface area contributed by atoms with Crippen molar-refractivity contribution in [1.29, 1.82) is 0 Å². The third kappa shape index (κ3) is 5.11. The smallest absolute Gasteiger partial charge is 0.333 e. The summed E-state index contributed by atoms with van der Waals surface area (Å²) >= 11 is 0. The number of methoxy groups -OCH3 is 1. The van der Waals surface area contributed by atoms with E-state index in [0.717, 1.165) is 12.2 Å². The van der Waals surface area contributed by atoms with E-state index in [9.17, 15) is 17.6 Å². The second-order valence-corrected chi connectivity index (χ2v) is 7.70. The number of nitrogen functional groups attached to an aromatic ring is 1.